The number of nitrogens with one attached hydrogen (secondary N) is 8. The number of carboxylic acids is 2. The van der Waals surface area contributed by atoms with Gasteiger partial charge in [0.1, 0.15) is 48.3 Å². The van der Waals surface area contributed by atoms with E-state index in [0.717, 1.165) is 0 Å². The van der Waals surface area contributed by atoms with E-state index in [-0.39, 0.29) is 19.4 Å². The van der Waals surface area contributed by atoms with Gasteiger partial charge in [0.25, 0.3) is 0 Å². The number of aliphatic carboxylic acids is 2. The first kappa shape index (κ1) is 56.4. The molecule has 0 aromatic rings. The Morgan fingerprint density at radius 1 is 0.688 bits per heavy atom. The van der Waals surface area contributed by atoms with Crippen molar-refractivity contribution >= 4 is 76.9 Å². The Kier molecular flexibility index (Phi) is 24.2. The molecule has 0 aromatic heterocycles. The van der Waals surface area contributed by atoms with E-state index < -0.39 is 158 Å². The molecular formula is C37H62N10O16S. The van der Waals surface area contributed by atoms with Crippen molar-refractivity contribution in [3.05, 3.63) is 0 Å². The van der Waals surface area contributed by atoms with Crippen LogP contribution in [0.15, 0.2) is 0 Å². The van der Waals surface area contributed by atoms with E-state index in [4.69, 9.17) is 10.8 Å². The van der Waals surface area contributed by atoms with Crippen LogP contribution in [0.4, 0.5) is 0 Å². The predicted octanol–water partition coefficient (Wildman–Crippen LogP) is -6.81. The standard InChI is InChI=1S/C37H62N10O16S/c1-16(2)27(34(59)43-22(37(62)63)12-26(53)54)44-25(52)14-39-30(55)17(3)41-24(51)13-40-33(58)28(18(4)49)46-32(57)23-8-7-10-47(23)36(61)21(9-11-64-6)42-35(60)29(19(5)50)45-31(56)20(38)15-48/h16-23,27-29,48-50H,7-15,38H2,1-6H3,(H,39,55)(H,40,58)(H,41,51)(H,42,60)(H,43,59)(H,44,52)(H,45,56)(H,46,57)(H,53,54)(H,62,63)/t17-,18+,19+,20-,21-,22-,23-,27-,28-,29-/m0/s1. The molecule has 0 aromatic carbocycles. The molecule has 27 heteroatoms. The van der Waals surface area contributed by atoms with Crippen molar-refractivity contribution < 1.29 is 78.3 Å². The molecule has 362 valence electrons. The highest BCUT2D eigenvalue weighted by Gasteiger charge is 2.40. The molecular weight excluding hydrogens is 873 g/mol. The molecule has 1 aliphatic heterocycles. The number of carbonyl (C=O) groups is 11. The van der Waals surface area contributed by atoms with E-state index in [1.807, 2.05) is 5.32 Å². The van der Waals surface area contributed by atoms with Crippen molar-refractivity contribution in [2.24, 2.45) is 11.7 Å². The second-order valence-electron chi connectivity index (χ2n) is 15.3. The summed E-state index contributed by atoms with van der Waals surface area (Å²) in [7, 11) is 0. The molecule has 0 aliphatic carbocycles. The Bertz CT molecular complexity index is 1700. The van der Waals surface area contributed by atoms with Crippen molar-refractivity contribution in [2.45, 2.75) is 121 Å². The average molecular weight is 935 g/mol. The van der Waals surface area contributed by atoms with Gasteiger partial charge in [-0.25, -0.2) is 4.79 Å². The fourth-order valence-electron chi connectivity index (χ4n) is 6.01. The summed E-state index contributed by atoms with van der Waals surface area (Å²) in [6.45, 7) is 4.60. The first-order valence-electron chi connectivity index (χ1n) is 20.2. The molecule has 1 aliphatic rings. The van der Waals surface area contributed by atoms with Crippen LogP contribution in [0, 0.1) is 5.92 Å². The smallest absolute Gasteiger partial charge is 0.326 e. The zero-order valence-electron chi connectivity index (χ0n) is 36.4. The molecule has 15 N–H and O–H groups in total. The summed E-state index contributed by atoms with van der Waals surface area (Å²) >= 11 is 1.36. The first-order valence-corrected chi connectivity index (χ1v) is 21.6. The number of hydrogen-bond donors (Lipinski definition) is 14. The minimum atomic E-state index is -1.77. The van der Waals surface area contributed by atoms with Gasteiger partial charge >= 0.3 is 11.9 Å². The molecule has 10 atom stereocenters. The topological polar surface area (TPSA) is 414 Å². The number of nitrogens with zero attached hydrogens (tertiary/aromatic N) is 1. The molecule has 1 fully saturated rings. The number of aliphatic hydroxyl groups excluding tert-OH is 3. The van der Waals surface area contributed by atoms with Crippen LogP contribution in [0.3, 0.4) is 0 Å². The van der Waals surface area contributed by atoms with Gasteiger partial charge in [0, 0.05) is 6.54 Å². The van der Waals surface area contributed by atoms with E-state index in [1.54, 1.807) is 6.26 Å². The number of carboxylic acid groups (broad SMARTS) is 2. The van der Waals surface area contributed by atoms with E-state index >= 15 is 0 Å². The number of thioether (sulfide) groups is 1. The summed E-state index contributed by atoms with van der Waals surface area (Å²) < 4.78 is 0. The third-order valence-electron chi connectivity index (χ3n) is 9.60. The zero-order valence-corrected chi connectivity index (χ0v) is 37.2. The monoisotopic (exact) mass is 934 g/mol. The second-order valence-corrected chi connectivity index (χ2v) is 16.3. The molecule has 64 heavy (non-hydrogen) atoms. The van der Waals surface area contributed by atoms with E-state index in [1.165, 1.54) is 51.3 Å². The van der Waals surface area contributed by atoms with Gasteiger partial charge in [0.2, 0.25) is 53.2 Å². The molecule has 0 radical (unpaired) electrons. The zero-order chi connectivity index (χ0) is 49.0. The van der Waals surface area contributed by atoms with Crippen molar-refractivity contribution in [1.82, 2.24) is 47.4 Å². The largest absolute Gasteiger partial charge is 0.481 e. The maximum absolute atomic E-state index is 13.8. The van der Waals surface area contributed by atoms with Gasteiger partial charge in [0.05, 0.1) is 38.3 Å². The molecule has 0 saturated carbocycles. The number of aliphatic hydroxyl groups is 3. The van der Waals surface area contributed by atoms with Gasteiger partial charge in [0.15, 0.2) is 0 Å². The lowest BCUT2D eigenvalue weighted by molar-refractivity contribution is -0.147. The van der Waals surface area contributed by atoms with Gasteiger partial charge in [-0.1, -0.05) is 13.8 Å². The van der Waals surface area contributed by atoms with Crippen LogP contribution in [0.25, 0.3) is 0 Å². The number of amides is 9. The van der Waals surface area contributed by atoms with Crippen molar-refractivity contribution in [2.75, 3.05) is 38.2 Å². The van der Waals surface area contributed by atoms with Crippen LogP contribution in [0.2, 0.25) is 0 Å². The maximum atomic E-state index is 13.8. The van der Waals surface area contributed by atoms with Crippen LogP contribution in [0.1, 0.15) is 60.3 Å². The lowest BCUT2D eigenvalue weighted by atomic mass is 10.0. The number of rotatable bonds is 27. The number of hydrogen-bond acceptors (Lipinski definition) is 16. The van der Waals surface area contributed by atoms with Gasteiger partial charge in [-0.2, -0.15) is 11.8 Å². The Hall–Kier alpha value is -5.64. The Morgan fingerprint density at radius 3 is 1.73 bits per heavy atom. The van der Waals surface area contributed by atoms with Crippen LogP contribution < -0.4 is 48.3 Å². The van der Waals surface area contributed by atoms with Gasteiger partial charge in [-0.15, -0.1) is 0 Å². The minimum absolute atomic E-state index is 0.0768. The molecule has 0 spiro atoms. The summed E-state index contributed by atoms with van der Waals surface area (Å²) in [5, 5.41) is 66.2. The Labute approximate surface area is 372 Å². The van der Waals surface area contributed by atoms with Crippen LogP contribution in [-0.2, 0) is 52.7 Å². The van der Waals surface area contributed by atoms with Crippen LogP contribution >= 0.6 is 11.8 Å². The molecule has 26 nitrogen and oxygen atoms in total. The molecule has 1 heterocycles. The van der Waals surface area contributed by atoms with Crippen molar-refractivity contribution in [3.63, 3.8) is 0 Å². The molecule has 0 unspecified atom stereocenters. The summed E-state index contributed by atoms with van der Waals surface area (Å²) in [4.78, 5) is 140. The predicted molar refractivity (Wildman–Crippen MR) is 224 cm³/mol. The highest BCUT2D eigenvalue weighted by molar-refractivity contribution is 7.98. The Balaban J connectivity index is 2.87. The third-order valence-corrected chi connectivity index (χ3v) is 10.2. The lowest BCUT2D eigenvalue weighted by Crippen LogP contribution is -2.61. The Morgan fingerprint density at radius 2 is 1.22 bits per heavy atom. The average Bonchev–Trinajstić information content (AvgIpc) is 3.72. The van der Waals surface area contributed by atoms with Crippen molar-refractivity contribution in [1.29, 1.82) is 0 Å². The number of nitrogens with two attached hydrogens (primary N) is 1. The molecule has 1 saturated heterocycles. The van der Waals surface area contributed by atoms with Gasteiger partial charge in [-0.05, 0) is 58.0 Å². The van der Waals surface area contributed by atoms with E-state index in [0.29, 0.717) is 12.2 Å². The van der Waals surface area contributed by atoms with Gasteiger partial charge in [-0.3, -0.25) is 47.9 Å². The molecule has 9 amide bonds. The SMILES string of the molecule is CSCC[C@H](NC(=O)[C@@H](NC(=O)[C@@H](N)CO)[C@@H](C)O)C(=O)N1CCC[C@H]1C(=O)N[C@H](C(=O)NCC(=O)N[C@@H](C)C(=O)NCC(=O)N[C@H](C(=O)N[C@@H](CC(=O)O)C(=O)O)C(C)C)[C@@H](C)O. The van der Waals surface area contributed by atoms with Crippen LogP contribution in [0.5, 0.6) is 0 Å². The second kappa shape index (κ2) is 27.5. The van der Waals surface area contributed by atoms with Crippen molar-refractivity contribution in [3.8, 4) is 0 Å². The normalized spacial score (nSPS) is 17.7. The minimum Gasteiger partial charge on any atom is -0.481 e. The fraction of sp³-hybridized carbons (Fsp3) is 0.703. The fourth-order valence-corrected chi connectivity index (χ4v) is 6.48. The van der Waals surface area contributed by atoms with Crippen LogP contribution in [-0.4, -0.2) is 194 Å². The molecule has 1 rings (SSSR count). The van der Waals surface area contributed by atoms with E-state index in [9.17, 15) is 73.2 Å². The summed E-state index contributed by atoms with van der Waals surface area (Å²) in [6, 6.07) is -11.3. The summed E-state index contributed by atoms with van der Waals surface area (Å²) in [5.74, 6) is -11.3. The maximum Gasteiger partial charge on any atom is 0.326 e. The number of likely N-dealkylation sites (tertiary alicyclic amines) is 1. The first-order chi connectivity index (χ1) is 29.9. The highest BCUT2D eigenvalue weighted by atomic mass is 32.2. The highest BCUT2D eigenvalue weighted by Crippen LogP contribution is 2.20. The molecule has 0 bridgehead atoms. The van der Waals surface area contributed by atoms with E-state index in [2.05, 4.69) is 37.2 Å². The number of carbonyl (C=O) groups excluding carboxylic acids is 9. The summed E-state index contributed by atoms with van der Waals surface area (Å²) in [6.07, 6.45) is -1.55. The summed E-state index contributed by atoms with van der Waals surface area (Å²) in [5.41, 5.74) is 5.51. The lowest BCUT2D eigenvalue weighted by Gasteiger charge is -2.31. The quantitative estimate of drug-likeness (QED) is 0.0364. The van der Waals surface area contributed by atoms with Gasteiger partial charge < -0.3 is 78.7 Å². The third kappa shape index (κ3) is 18.6.